The van der Waals surface area contributed by atoms with Crippen LogP contribution in [0, 0.1) is 12.7 Å². The Kier molecular flexibility index (Phi) is 9.98. The van der Waals surface area contributed by atoms with Crippen LogP contribution in [0.4, 0.5) is 10.1 Å². The lowest BCUT2D eigenvalue weighted by Crippen LogP contribution is -2.53. The number of carbonyl (C=O) groups excluding carboxylic acids is 2. The lowest BCUT2D eigenvalue weighted by Gasteiger charge is -2.33. The molecule has 0 saturated carbocycles. The number of nitrogens with one attached hydrogen (secondary N) is 1. The van der Waals surface area contributed by atoms with Gasteiger partial charge in [0.1, 0.15) is 18.4 Å². The summed E-state index contributed by atoms with van der Waals surface area (Å²) in [6, 6.07) is 26.4. The topological polar surface area (TPSA) is 86.8 Å². The van der Waals surface area contributed by atoms with Crippen LogP contribution in [-0.4, -0.2) is 44.8 Å². The number of nitrogens with zero attached hydrogens (tertiary/aromatic N) is 2. The number of amides is 2. The highest BCUT2D eigenvalue weighted by molar-refractivity contribution is 7.92. The van der Waals surface area contributed by atoms with E-state index in [1.165, 1.54) is 42.3 Å². The van der Waals surface area contributed by atoms with Gasteiger partial charge in [-0.25, -0.2) is 12.8 Å². The third kappa shape index (κ3) is 7.35. The Morgan fingerprint density at radius 2 is 1.52 bits per heavy atom. The monoisotopic (exact) mass is 607 g/mol. The average Bonchev–Trinajstić information content (AvgIpc) is 2.98. The quantitative estimate of drug-likeness (QED) is 0.248. The van der Waals surface area contributed by atoms with Gasteiger partial charge in [-0.2, -0.15) is 0 Å². The van der Waals surface area contributed by atoms with Crippen LogP contribution in [0.5, 0.6) is 0 Å². The van der Waals surface area contributed by atoms with E-state index in [9.17, 15) is 18.0 Å². The molecule has 2 amide bonds. The Hall–Kier alpha value is -4.21. The van der Waals surface area contributed by atoms with Crippen molar-refractivity contribution in [2.24, 2.45) is 0 Å². The van der Waals surface area contributed by atoms with E-state index in [1.807, 2.05) is 37.3 Å². The number of anilines is 1. The molecule has 4 rings (SSSR count). The third-order valence-corrected chi connectivity index (χ3v) is 8.78. The number of carbonyl (C=O) groups is 2. The highest BCUT2D eigenvalue weighted by Crippen LogP contribution is 2.27. The molecule has 0 radical (unpaired) electrons. The molecule has 0 fully saturated rings. The molecule has 0 unspecified atom stereocenters. The standard InChI is InChI=1S/C32H31ClFN3O4S/c1-23-15-17-27(18-16-23)42(40,41)37(29-14-7-6-13-28(29)34)22-31(38)36(21-25-11-8-12-26(33)19-25)30(32(39)35-2)20-24-9-4-3-5-10-24/h3-19,30H,20-22H2,1-2H3,(H,35,39)/t30-/m0/s1. The molecule has 0 aliphatic rings. The summed E-state index contributed by atoms with van der Waals surface area (Å²) < 4.78 is 43.7. The second-order valence-corrected chi connectivity index (χ2v) is 12.0. The molecule has 0 heterocycles. The van der Waals surface area contributed by atoms with E-state index in [4.69, 9.17) is 11.6 Å². The molecule has 10 heteroatoms. The van der Waals surface area contributed by atoms with Crippen molar-refractivity contribution < 1.29 is 22.4 Å². The van der Waals surface area contributed by atoms with E-state index in [2.05, 4.69) is 5.32 Å². The minimum absolute atomic E-state index is 0.0417. The first kappa shape index (κ1) is 30.7. The van der Waals surface area contributed by atoms with Crippen LogP contribution in [0.25, 0.3) is 0 Å². The number of benzene rings is 4. The summed E-state index contributed by atoms with van der Waals surface area (Å²) in [4.78, 5) is 28.7. The molecular formula is C32H31ClFN3O4S. The summed E-state index contributed by atoms with van der Waals surface area (Å²) in [5, 5.41) is 3.06. The first-order valence-corrected chi connectivity index (χ1v) is 15.1. The maximum Gasteiger partial charge on any atom is 0.264 e. The van der Waals surface area contributed by atoms with Gasteiger partial charge in [0.05, 0.1) is 10.6 Å². The van der Waals surface area contributed by atoms with Crippen LogP contribution < -0.4 is 9.62 Å². The molecule has 1 atom stereocenters. The number of hydrogen-bond donors (Lipinski definition) is 1. The van der Waals surface area contributed by atoms with Gasteiger partial charge >= 0.3 is 0 Å². The van der Waals surface area contributed by atoms with Crippen molar-refractivity contribution in [3.63, 3.8) is 0 Å². The molecule has 7 nitrogen and oxygen atoms in total. The van der Waals surface area contributed by atoms with Crippen LogP contribution in [0.3, 0.4) is 0 Å². The second-order valence-electron chi connectivity index (χ2n) is 9.75. The van der Waals surface area contributed by atoms with Gasteiger partial charge in [-0.05, 0) is 54.4 Å². The van der Waals surface area contributed by atoms with Crippen molar-refractivity contribution in [2.75, 3.05) is 17.9 Å². The maximum atomic E-state index is 15.1. The van der Waals surface area contributed by atoms with Gasteiger partial charge in [0.15, 0.2) is 0 Å². The van der Waals surface area contributed by atoms with E-state index in [0.717, 1.165) is 21.5 Å². The average molecular weight is 608 g/mol. The molecule has 218 valence electrons. The van der Waals surface area contributed by atoms with Crippen LogP contribution in [-0.2, 0) is 32.6 Å². The molecule has 0 aliphatic heterocycles. The zero-order chi connectivity index (χ0) is 30.3. The Morgan fingerprint density at radius 3 is 2.17 bits per heavy atom. The van der Waals surface area contributed by atoms with Gasteiger partial charge in [-0.15, -0.1) is 0 Å². The van der Waals surface area contributed by atoms with E-state index in [-0.39, 0.29) is 23.5 Å². The lowest BCUT2D eigenvalue weighted by atomic mass is 10.0. The summed E-state index contributed by atoms with van der Waals surface area (Å²) in [5.41, 5.74) is 1.99. The van der Waals surface area contributed by atoms with E-state index < -0.39 is 40.2 Å². The predicted octanol–water partition coefficient (Wildman–Crippen LogP) is 5.37. The molecule has 0 aliphatic carbocycles. The van der Waals surface area contributed by atoms with Crippen molar-refractivity contribution in [1.82, 2.24) is 10.2 Å². The van der Waals surface area contributed by atoms with E-state index in [1.54, 1.807) is 36.4 Å². The highest BCUT2D eigenvalue weighted by Gasteiger charge is 2.35. The van der Waals surface area contributed by atoms with Gasteiger partial charge in [0.25, 0.3) is 10.0 Å². The third-order valence-electron chi connectivity index (χ3n) is 6.77. The van der Waals surface area contributed by atoms with Crippen LogP contribution in [0.15, 0.2) is 108 Å². The second kappa shape index (κ2) is 13.6. The predicted molar refractivity (Wildman–Crippen MR) is 162 cm³/mol. The van der Waals surface area contributed by atoms with E-state index in [0.29, 0.717) is 10.6 Å². The summed E-state index contributed by atoms with van der Waals surface area (Å²) >= 11 is 6.22. The van der Waals surface area contributed by atoms with Crippen molar-refractivity contribution >= 4 is 39.1 Å². The summed E-state index contributed by atoms with van der Waals surface area (Å²) in [5.74, 6) is -1.94. The fourth-order valence-corrected chi connectivity index (χ4v) is 6.19. The Balaban J connectivity index is 1.80. The van der Waals surface area contributed by atoms with Gasteiger partial charge in [0.2, 0.25) is 11.8 Å². The van der Waals surface area contributed by atoms with Crippen molar-refractivity contribution in [3.8, 4) is 0 Å². The van der Waals surface area contributed by atoms with Gasteiger partial charge in [-0.3, -0.25) is 13.9 Å². The summed E-state index contributed by atoms with van der Waals surface area (Å²) in [7, 11) is -2.92. The molecule has 42 heavy (non-hydrogen) atoms. The SMILES string of the molecule is CNC(=O)[C@H](Cc1ccccc1)N(Cc1cccc(Cl)c1)C(=O)CN(c1ccccc1F)S(=O)(=O)c1ccc(C)cc1. The van der Waals surface area contributed by atoms with Crippen molar-refractivity contribution in [3.05, 3.63) is 131 Å². The Bertz CT molecular complexity index is 1650. The van der Waals surface area contributed by atoms with Crippen molar-refractivity contribution in [1.29, 1.82) is 0 Å². The summed E-state index contributed by atoms with van der Waals surface area (Å²) in [6.07, 6.45) is 0.164. The first-order valence-electron chi connectivity index (χ1n) is 13.2. The number of halogens is 2. The molecule has 4 aromatic rings. The fraction of sp³-hybridized carbons (Fsp3) is 0.188. The van der Waals surface area contributed by atoms with Crippen LogP contribution in [0.2, 0.25) is 5.02 Å². The fourth-order valence-electron chi connectivity index (χ4n) is 4.56. The Morgan fingerprint density at radius 1 is 0.881 bits per heavy atom. The van der Waals surface area contributed by atoms with Crippen LogP contribution >= 0.6 is 11.6 Å². The smallest absolute Gasteiger partial charge is 0.264 e. The molecule has 0 saturated heterocycles. The van der Waals surface area contributed by atoms with Crippen LogP contribution in [0.1, 0.15) is 16.7 Å². The first-order chi connectivity index (χ1) is 20.1. The maximum absolute atomic E-state index is 15.1. The lowest BCUT2D eigenvalue weighted by molar-refractivity contribution is -0.139. The number of hydrogen-bond acceptors (Lipinski definition) is 4. The normalized spacial score (nSPS) is 11.9. The highest BCUT2D eigenvalue weighted by atomic mass is 35.5. The molecule has 0 spiro atoms. The molecule has 0 bridgehead atoms. The van der Waals surface area contributed by atoms with Gasteiger partial charge in [0, 0.05) is 25.0 Å². The number of aryl methyl sites for hydroxylation is 1. The molecular weight excluding hydrogens is 577 g/mol. The van der Waals surface area contributed by atoms with Gasteiger partial charge in [-0.1, -0.05) is 83.9 Å². The minimum Gasteiger partial charge on any atom is -0.357 e. The van der Waals surface area contributed by atoms with E-state index >= 15 is 4.39 Å². The molecule has 4 aromatic carbocycles. The van der Waals surface area contributed by atoms with Crippen molar-refractivity contribution in [2.45, 2.75) is 30.8 Å². The largest absolute Gasteiger partial charge is 0.357 e. The number of sulfonamides is 1. The Labute approximate surface area is 250 Å². The minimum atomic E-state index is -4.39. The zero-order valence-corrected chi connectivity index (χ0v) is 24.8. The number of rotatable bonds is 11. The number of para-hydroxylation sites is 1. The molecule has 1 N–H and O–H groups in total. The summed E-state index contributed by atoms with van der Waals surface area (Å²) in [6.45, 7) is 1.02. The zero-order valence-electron chi connectivity index (χ0n) is 23.2. The molecule has 0 aromatic heterocycles. The van der Waals surface area contributed by atoms with Gasteiger partial charge < -0.3 is 10.2 Å². The number of likely N-dealkylation sites (N-methyl/N-ethyl adjacent to an activating group) is 1.